The van der Waals surface area contributed by atoms with E-state index in [2.05, 4.69) is 45.2 Å². The summed E-state index contributed by atoms with van der Waals surface area (Å²) in [6.07, 6.45) is 4.06. The van der Waals surface area contributed by atoms with Crippen molar-refractivity contribution in [3.8, 4) is 0 Å². The molecule has 1 amide bonds. The summed E-state index contributed by atoms with van der Waals surface area (Å²) in [7, 11) is 0. The third-order valence-electron chi connectivity index (χ3n) is 7.51. The summed E-state index contributed by atoms with van der Waals surface area (Å²) in [5.41, 5.74) is 4.94. The summed E-state index contributed by atoms with van der Waals surface area (Å²) in [4.78, 5) is 32.3. The predicted molar refractivity (Wildman–Crippen MR) is 138 cm³/mol. The molecule has 5 rings (SSSR count). The van der Waals surface area contributed by atoms with Crippen LogP contribution in [-0.2, 0) is 25.8 Å². The van der Waals surface area contributed by atoms with E-state index in [4.69, 9.17) is 0 Å². The zero-order chi connectivity index (χ0) is 23.7. The fraction of sp³-hybridized carbons (Fsp3) is 0.429. The van der Waals surface area contributed by atoms with Gasteiger partial charge in [0.25, 0.3) is 5.91 Å². The van der Waals surface area contributed by atoms with Gasteiger partial charge < -0.3 is 9.47 Å². The number of benzene rings is 1. The maximum Gasteiger partial charge on any atom is 0.259 e. The van der Waals surface area contributed by atoms with Crippen molar-refractivity contribution in [1.29, 1.82) is 0 Å². The van der Waals surface area contributed by atoms with E-state index in [1.54, 1.807) is 17.4 Å². The third kappa shape index (κ3) is 4.49. The van der Waals surface area contributed by atoms with E-state index in [0.717, 1.165) is 37.3 Å². The maximum atomic E-state index is 13.6. The Balaban J connectivity index is 1.31. The van der Waals surface area contributed by atoms with Gasteiger partial charge in [-0.1, -0.05) is 37.3 Å². The van der Waals surface area contributed by atoms with E-state index >= 15 is 0 Å². The monoisotopic (exact) mass is 475 g/mol. The Labute approximate surface area is 205 Å². The molecule has 1 aromatic carbocycles. The van der Waals surface area contributed by atoms with Crippen molar-refractivity contribution in [2.75, 3.05) is 26.2 Å². The Morgan fingerprint density at radius 1 is 1.06 bits per heavy atom. The number of aryl methyl sites for hydroxylation is 2. The first-order valence-electron chi connectivity index (χ1n) is 12.4. The average molecular weight is 476 g/mol. The predicted octanol–water partition coefficient (Wildman–Crippen LogP) is 4.14. The molecule has 3 heterocycles. The molecule has 0 radical (unpaired) electrons. The van der Waals surface area contributed by atoms with Gasteiger partial charge in [0.15, 0.2) is 5.43 Å². The van der Waals surface area contributed by atoms with E-state index in [0.29, 0.717) is 37.7 Å². The van der Waals surface area contributed by atoms with Crippen LogP contribution in [0.2, 0.25) is 0 Å². The van der Waals surface area contributed by atoms with Gasteiger partial charge in [-0.15, -0.1) is 11.3 Å². The molecule has 2 aliphatic rings. The third-order valence-corrected chi connectivity index (χ3v) is 8.37. The standard InChI is InChI=1S/C28H33N3O2S/c1-3-25-27(26(32)17-20(2)31(25)19-24-9-6-16-34-24)28(33)30-14-12-29(13-15-30)23-11-10-21-7-4-5-8-22(21)18-23/h4-9,16-17,23H,3,10-15,18-19H2,1-2H3/t23-/m0/s1. The van der Waals surface area contributed by atoms with Crippen molar-refractivity contribution in [2.45, 2.75) is 52.1 Å². The Kier molecular flexibility index (Phi) is 6.70. The number of hydrogen-bond donors (Lipinski definition) is 0. The van der Waals surface area contributed by atoms with Crippen LogP contribution < -0.4 is 5.43 Å². The number of amides is 1. The molecule has 0 N–H and O–H groups in total. The van der Waals surface area contributed by atoms with Crippen molar-refractivity contribution < 1.29 is 4.79 Å². The largest absolute Gasteiger partial charge is 0.343 e. The van der Waals surface area contributed by atoms with Gasteiger partial charge in [-0.25, -0.2) is 0 Å². The molecule has 1 fully saturated rings. The van der Waals surface area contributed by atoms with Gasteiger partial charge in [-0.3, -0.25) is 14.5 Å². The highest BCUT2D eigenvalue weighted by molar-refractivity contribution is 7.09. The fourth-order valence-corrected chi connectivity index (χ4v) is 6.34. The van der Waals surface area contributed by atoms with Crippen LogP contribution in [0.1, 0.15) is 51.1 Å². The average Bonchev–Trinajstić information content (AvgIpc) is 3.38. The molecule has 0 unspecified atom stereocenters. The van der Waals surface area contributed by atoms with Crippen molar-refractivity contribution in [3.63, 3.8) is 0 Å². The molecule has 5 nitrogen and oxygen atoms in total. The van der Waals surface area contributed by atoms with Crippen LogP contribution in [0.3, 0.4) is 0 Å². The quantitative estimate of drug-likeness (QED) is 0.557. The molecule has 6 heteroatoms. The molecule has 1 atom stereocenters. The molecule has 2 aromatic heterocycles. The molecule has 3 aromatic rings. The number of carbonyl (C=O) groups is 1. The first-order chi connectivity index (χ1) is 16.5. The highest BCUT2D eigenvalue weighted by Gasteiger charge is 2.31. The SMILES string of the molecule is CCc1c(C(=O)N2CCN([C@H]3CCc4ccccc4C3)CC2)c(=O)cc(C)n1Cc1cccs1. The summed E-state index contributed by atoms with van der Waals surface area (Å²) >= 11 is 1.70. The summed E-state index contributed by atoms with van der Waals surface area (Å²) in [6, 6.07) is 15.1. The van der Waals surface area contributed by atoms with Gasteiger partial charge in [-0.2, -0.15) is 0 Å². The number of aromatic nitrogens is 1. The Morgan fingerprint density at radius 2 is 1.82 bits per heavy atom. The zero-order valence-electron chi connectivity index (χ0n) is 20.1. The number of rotatable bonds is 5. The molecule has 1 aliphatic carbocycles. The summed E-state index contributed by atoms with van der Waals surface area (Å²) in [5.74, 6) is -0.101. The lowest BCUT2D eigenvalue weighted by Gasteiger charge is -2.41. The smallest absolute Gasteiger partial charge is 0.259 e. The second-order valence-corrected chi connectivity index (χ2v) is 10.5. The summed E-state index contributed by atoms with van der Waals surface area (Å²) in [5, 5.41) is 2.06. The minimum atomic E-state index is -0.145. The topological polar surface area (TPSA) is 45.6 Å². The van der Waals surface area contributed by atoms with Crippen LogP contribution >= 0.6 is 11.3 Å². The van der Waals surface area contributed by atoms with Gasteiger partial charge in [0.2, 0.25) is 0 Å². The van der Waals surface area contributed by atoms with Crippen molar-refractivity contribution in [2.24, 2.45) is 0 Å². The van der Waals surface area contributed by atoms with Crippen molar-refractivity contribution in [1.82, 2.24) is 14.4 Å². The molecular weight excluding hydrogens is 442 g/mol. The molecule has 1 aliphatic heterocycles. The van der Waals surface area contributed by atoms with Gasteiger partial charge in [-0.05, 0) is 55.2 Å². The van der Waals surface area contributed by atoms with Gasteiger partial charge >= 0.3 is 0 Å². The lowest BCUT2D eigenvalue weighted by molar-refractivity contribution is 0.0550. The first-order valence-corrected chi connectivity index (χ1v) is 13.3. The van der Waals surface area contributed by atoms with E-state index in [1.165, 1.54) is 22.4 Å². The number of piperazine rings is 1. The Hall–Kier alpha value is -2.70. The fourth-order valence-electron chi connectivity index (χ4n) is 5.64. The second kappa shape index (κ2) is 9.88. The molecule has 0 bridgehead atoms. The second-order valence-electron chi connectivity index (χ2n) is 9.48. The molecule has 34 heavy (non-hydrogen) atoms. The molecule has 0 spiro atoms. The van der Waals surface area contributed by atoms with E-state index in [9.17, 15) is 9.59 Å². The van der Waals surface area contributed by atoms with Crippen LogP contribution in [0.5, 0.6) is 0 Å². The van der Waals surface area contributed by atoms with Crippen LogP contribution in [-0.4, -0.2) is 52.5 Å². The lowest BCUT2D eigenvalue weighted by Crippen LogP contribution is -2.53. The van der Waals surface area contributed by atoms with E-state index in [1.807, 2.05) is 24.8 Å². The molecule has 0 saturated carbocycles. The number of pyridine rings is 1. The van der Waals surface area contributed by atoms with E-state index < -0.39 is 0 Å². The van der Waals surface area contributed by atoms with Crippen LogP contribution in [0.4, 0.5) is 0 Å². The van der Waals surface area contributed by atoms with Crippen LogP contribution in [0, 0.1) is 6.92 Å². The zero-order valence-corrected chi connectivity index (χ0v) is 20.9. The van der Waals surface area contributed by atoms with Gasteiger partial charge in [0, 0.05) is 54.6 Å². The summed E-state index contributed by atoms with van der Waals surface area (Å²) < 4.78 is 2.15. The van der Waals surface area contributed by atoms with Crippen molar-refractivity contribution >= 4 is 17.2 Å². The number of nitrogens with zero attached hydrogens (tertiary/aromatic N) is 3. The summed E-state index contributed by atoms with van der Waals surface area (Å²) in [6.45, 7) is 7.80. The van der Waals surface area contributed by atoms with Crippen molar-refractivity contribution in [3.05, 3.63) is 91.0 Å². The minimum Gasteiger partial charge on any atom is -0.343 e. The van der Waals surface area contributed by atoms with Gasteiger partial charge in [0.1, 0.15) is 5.56 Å². The van der Waals surface area contributed by atoms with Crippen LogP contribution in [0.25, 0.3) is 0 Å². The maximum absolute atomic E-state index is 13.6. The first kappa shape index (κ1) is 23.1. The normalized spacial score (nSPS) is 18.6. The van der Waals surface area contributed by atoms with Gasteiger partial charge in [0.05, 0.1) is 6.54 Å². The number of fused-ring (bicyclic) bond motifs is 1. The number of thiophene rings is 1. The minimum absolute atomic E-state index is 0.101. The Morgan fingerprint density at radius 3 is 2.53 bits per heavy atom. The lowest BCUT2D eigenvalue weighted by atomic mass is 9.87. The number of hydrogen-bond acceptors (Lipinski definition) is 4. The van der Waals surface area contributed by atoms with E-state index in [-0.39, 0.29) is 11.3 Å². The molecule has 1 saturated heterocycles. The van der Waals surface area contributed by atoms with Crippen LogP contribution in [0.15, 0.2) is 52.6 Å². The Bertz CT molecular complexity index is 1220. The number of carbonyl (C=O) groups excluding carboxylic acids is 1. The molecule has 178 valence electrons. The highest BCUT2D eigenvalue weighted by atomic mass is 32.1. The molecular formula is C28H33N3O2S. The highest BCUT2D eigenvalue weighted by Crippen LogP contribution is 2.26.